The molecule has 0 aromatic heterocycles. The second-order valence-electron chi connectivity index (χ2n) is 11.2. The van der Waals surface area contributed by atoms with Crippen LogP contribution in [0.15, 0.2) is 0 Å². The molecule has 37 heavy (non-hydrogen) atoms. The van der Waals surface area contributed by atoms with Crippen molar-refractivity contribution in [1.82, 2.24) is 9.80 Å². The molecule has 0 aliphatic carbocycles. The monoisotopic (exact) mass is 564 g/mol. The van der Waals surface area contributed by atoms with Gasteiger partial charge in [0.05, 0.1) is 21.3 Å². The first kappa shape index (κ1) is 27.7. The van der Waals surface area contributed by atoms with Crippen LogP contribution in [0.3, 0.4) is 0 Å². The summed E-state index contributed by atoms with van der Waals surface area (Å²) < 4.78 is 58.9. The predicted molar refractivity (Wildman–Crippen MR) is 126 cm³/mol. The molecule has 4 saturated heterocycles. The van der Waals surface area contributed by atoms with Crippen molar-refractivity contribution in [3.63, 3.8) is 0 Å². The first-order chi connectivity index (χ1) is 16.8. The maximum absolute atomic E-state index is 13.1. The first-order valence-electron chi connectivity index (χ1n) is 11.7. The van der Waals surface area contributed by atoms with E-state index < -0.39 is 106 Å². The molecule has 0 bridgehead atoms. The van der Waals surface area contributed by atoms with Gasteiger partial charge in [-0.2, -0.15) is 0 Å². The van der Waals surface area contributed by atoms with Crippen LogP contribution in [0.5, 0.6) is 0 Å². The molecule has 0 aromatic carbocycles. The minimum Gasteiger partial charge on any atom is -0.426 e. The van der Waals surface area contributed by atoms with Crippen LogP contribution in [-0.2, 0) is 48.3 Å². The summed E-state index contributed by atoms with van der Waals surface area (Å²) in [6.45, 7) is 7.19. The van der Waals surface area contributed by atoms with Gasteiger partial charge in [0.25, 0.3) is 0 Å². The second kappa shape index (κ2) is 8.10. The molecule has 0 saturated carbocycles. The van der Waals surface area contributed by atoms with E-state index in [1.807, 2.05) is 0 Å². The number of nitrogens with zero attached hydrogens (tertiary/aromatic N) is 2. The van der Waals surface area contributed by atoms with E-state index >= 15 is 0 Å². The van der Waals surface area contributed by atoms with Crippen molar-refractivity contribution in [2.24, 2.45) is 23.3 Å². The number of β-lactam (4-membered cyclic amide) rings is 2. The van der Waals surface area contributed by atoms with Crippen LogP contribution in [0.4, 0.5) is 0 Å². The van der Waals surface area contributed by atoms with E-state index in [2.05, 4.69) is 0 Å². The number of amides is 2. The Bertz CT molecular complexity index is 1190. The largest absolute Gasteiger partial charge is 0.426 e. The molecular formula is C21H32N4O10S2. The SMILES string of the molecule is CC(N)[C@@H]1C(=O)N2[C@@H](C(=O)OCOC(=O)[C@@H]3N4C(=O)[C@@H](C(C)N)[C@H]4S(=O)(=O)C3(C)C)C(C)(C)S(=O)(=O)[C@H]12. The van der Waals surface area contributed by atoms with Gasteiger partial charge in [-0.15, -0.1) is 0 Å². The molecule has 8 atom stereocenters. The Hall–Kier alpha value is -2.30. The molecule has 2 amide bonds. The van der Waals surface area contributed by atoms with Crippen LogP contribution in [0.25, 0.3) is 0 Å². The lowest BCUT2D eigenvalue weighted by atomic mass is 9.87. The number of sulfone groups is 2. The van der Waals surface area contributed by atoms with Gasteiger partial charge >= 0.3 is 11.9 Å². The Morgan fingerprint density at radius 2 is 1.08 bits per heavy atom. The standard InChI is InChI=1S/C21H32N4O10S2/c1-8(22)10-14(26)24-12(20(3,4)36(30,31)16(10)24)18(28)34-7-35-19(29)13-21(5,6)37(32,33)17-11(9(2)23)15(27)25(13)17/h8-13,16-17H,7,22-23H2,1-6H3/t8?,9?,10-,11-,12+,13+,16-,17-/m1/s1. The van der Waals surface area contributed by atoms with Gasteiger partial charge in [-0.1, -0.05) is 0 Å². The van der Waals surface area contributed by atoms with Crippen molar-refractivity contribution in [2.75, 3.05) is 6.79 Å². The van der Waals surface area contributed by atoms with Gasteiger partial charge in [-0.25, -0.2) is 26.4 Å². The third-order valence-electron chi connectivity index (χ3n) is 8.20. The summed E-state index contributed by atoms with van der Waals surface area (Å²) in [5, 5.41) is -2.54. The Balaban J connectivity index is 1.47. The highest BCUT2D eigenvalue weighted by molar-refractivity contribution is 7.94. The third-order valence-corrected chi connectivity index (χ3v) is 13.9. The van der Waals surface area contributed by atoms with Gasteiger partial charge < -0.3 is 30.7 Å². The molecule has 4 fully saturated rings. The first-order valence-corrected chi connectivity index (χ1v) is 14.8. The van der Waals surface area contributed by atoms with Crippen LogP contribution in [0, 0.1) is 11.8 Å². The van der Waals surface area contributed by atoms with E-state index in [1.54, 1.807) is 0 Å². The fraction of sp³-hybridized carbons (Fsp3) is 0.810. The summed E-state index contributed by atoms with van der Waals surface area (Å²) in [4.78, 5) is 52.9. The number of carbonyl (C=O) groups is 4. The fourth-order valence-corrected chi connectivity index (χ4v) is 10.8. The zero-order valence-corrected chi connectivity index (χ0v) is 22.9. The van der Waals surface area contributed by atoms with E-state index in [0.29, 0.717) is 0 Å². The molecule has 0 radical (unpaired) electrons. The van der Waals surface area contributed by atoms with Crippen LogP contribution >= 0.6 is 0 Å². The minimum absolute atomic E-state index is 0.600. The Morgan fingerprint density at radius 3 is 1.35 bits per heavy atom. The van der Waals surface area contributed by atoms with Crippen molar-refractivity contribution >= 4 is 43.4 Å². The van der Waals surface area contributed by atoms with Crippen LogP contribution in [0.2, 0.25) is 0 Å². The molecule has 4 aliphatic rings. The fourth-order valence-electron chi connectivity index (χ4n) is 5.93. The zero-order chi connectivity index (χ0) is 28.2. The molecule has 208 valence electrons. The van der Waals surface area contributed by atoms with Gasteiger partial charge in [0.15, 0.2) is 19.7 Å². The van der Waals surface area contributed by atoms with Crippen molar-refractivity contribution in [3.8, 4) is 0 Å². The summed E-state index contributed by atoms with van der Waals surface area (Å²) in [5.74, 6) is -5.42. The van der Waals surface area contributed by atoms with Gasteiger partial charge in [0, 0.05) is 12.1 Å². The molecule has 14 nitrogen and oxygen atoms in total. The quantitative estimate of drug-likeness (QED) is 0.194. The number of hydrogen-bond acceptors (Lipinski definition) is 12. The highest BCUT2D eigenvalue weighted by Crippen LogP contribution is 2.51. The molecule has 0 aromatic rings. The van der Waals surface area contributed by atoms with Crippen LogP contribution in [-0.4, -0.2) is 102 Å². The molecule has 4 N–H and O–H groups in total. The van der Waals surface area contributed by atoms with E-state index in [0.717, 1.165) is 9.80 Å². The molecule has 4 rings (SSSR count). The smallest absolute Gasteiger partial charge is 0.333 e. The Kier molecular flexibility index (Phi) is 6.07. The van der Waals surface area contributed by atoms with Crippen molar-refractivity contribution < 1.29 is 45.5 Å². The Morgan fingerprint density at radius 1 is 0.784 bits per heavy atom. The van der Waals surface area contributed by atoms with Crippen molar-refractivity contribution in [1.29, 1.82) is 0 Å². The highest BCUT2D eigenvalue weighted by atomic mass is 32.2. The van der Waals surface area contributed by atoms with Crippen LogP contribution < -0.4 is 11.5 Å². The summed E-state index contributed by atoms with van der Waals surface area (Å²) in [7, 11) is -8.00. The average molecular weight is 565 g/mol. The molecule has 4 heterocycles. The van der Waals surface area contributed by atoms with Gasteiger partial charge in [0.1, 0.15) is 22.8 Å². The van der Waals surface area contributed by atoms with Gasteiger partial charge in [-0.3, -0.25) is 9.59 Å². The maximum Gasteiger partial charge on any atom is 0.333 e. The number of ether oxygens (including phenoxy) is 2. The Labute approximate surface area is 214 Å². The van der Waals surface area contributed by atoms with Crippen LogP contribution in [0.1, 0.15) is 41.5 Å². The number of hydrogen-bond donors (Lipinski definition) is 2. The molecule has 0 spiro atoms. The number of nitrogens with two attached hydrogens (primary N) is 2. The number of fused-ring (bicyclic) bond motifs is 2. The molecule has 16 heteroatoms. The summed E-state index contributed by atoms with van der Waals surface area (Å²) in [6.07, 6.45) is 0. The van der Waals surface area contributed by atoms with E-state index in [-0.39, 0.29) is 0 Å². The average Bonchev–Trinajstić information content (AvgIpc) is 2.97. The van der Waals surface area contributed by atoms with Crippen molar-refractivity contribution in [3.05, 3.63) is 0 Å². The second-order valence-corrected chi connectivity index (χ2v) is 16.4. The van der Waals surface area contributed by atoms with Gasteiger partial charge in [-0.05, 0) is 41.5 Å². The normalized spacial score (nSPS) is 37.5. The zero-order valence-electron chi connectivity index (χ0n) is 21.3. The summed E-state index contributed by atoms with van der Waals surface area (Å²) in [5.41, 5.74) is 11.6. The maximum atomic E-state index is 13.1. The predicted octanol–water partition coefficient (Wildman–Crippen LogP) is -2.56. The number of carbonyl (C=O) groups excluding carboxylic acids is 4. The minimum atomic E-state index is -4.00. The van der Waals surface area contributed by atoms with E-state index in [9.17, 15) is 36.0 Å². The summed E-state index contributed by atoms with van der Waals surface area (Å²) >= 11 is 0. The van der Waals surface area contributed by atoms with E-state index in [1.165, 1.54) is 41.5 Å². The lowest BCUT2D eigenvalue weighted by molar-refractivity contribution is -0.183. The number of rotatable bonds is 6. The van der Waals surface area contributed by atoms with Crippen molar-refractivity contribution in [2.45, 2.75) is 86.0 Å². The number of esters is 2. The molecular weight excluding hydrogens is 532 g/mol. The molecule has 2 unspecified atom stereocenters. The third kappa shape index (κ3) is 3.27. The molecule has 4 aliphatic heterocycles. The van der Waals surface area contributed by atoms with E-state index in [4.69, 9.17) is 20.9 Å². The lowest BCUT2D eigenvalue weighted by Gasteiger charge is -2.44. The lowest BCUT2D eigenvalue weighted by Crippen LogP contribution is -2.67. The highest BCUT2D eigenvalue weighted by Gasteiger charge is 2.74. The summed E-state index contributed by atoms with van der Waals surface area (Å²) in [6, 6.07) is -4.51. The van der Waals surface area contributed by atoms with Gasteiger partial charge in [0.2, 0.25) is 18.6 Å². The topological polar surface area (TPSA) is 214 Å².